The number of nitrogens with zero attached hydrogens (tertiary/aromatic N) is 2. The van der Waals surface area contributed by atoms with Gasteiger partial charge in [-0.2, -0.15) is 10.2 Å². The number of azo groups is 1. The zero-order chi connectivity index (χ0) is 22.9. The molecule has 0 amide bonds. The minimum Gasteiger partial charge on any atom is -0.294 e. The molecule has 0 spiro atoms. The van der Waals surface area contributed by atoms with Crippen molar-refractivity contribution in [3.05, 3.63) is 137 Å². The number of hydrogen-bond acceptors (Lipinski definition) is 4. The monoisotopic (exact) mass is 432 g/mol. The topological polar surface area (TPSA) is 58.9 Å². The van der Waals surface area contributed by atoms with E-state index >= 15 is 0 Å². The van der Waals surface area contributed by atoms with Crippen LogP contribution < -0.4 is 0 Å². The van der Waals surface area contributed by atoms with E-state index in [-0.39, 0.29) is 11.6 Å². The molecule has 0 heterocycles. The van der Waals surface area contributed by atoms with E-state index in [1.165, 1.54) is 0 Å². The summed E-state index contributed by atoms with van der Waals surface area (Å²) in [6, 6.07) is 34.1. The summed E-state index contributed by atoms with van der Waals surface area (Å²) in [5, 5.41) is 8.56. The van der Waals surface area contributed by atoms with Crippen LogP contribution in [0.15, 0.2) is 119 Å². The van der Waals surface area contributed by atoms with Crippen LogP contribution in [-0.2, 0) is 19.4 Å². The van der Waals surface area contributed by atoms with Crippen molar-refractivity contribution < 1.29 is 9.59 Å². The molecular formula is C29H24N2O2. The molecule has 0 aliphatic heterocycles. The first-order valence-corrected chi connectivity index (χ1v) is 10.9. The second kappa shape index (κ2) is 10.9. The minimum atomic E-state index is 0.0443. The van der Waals surface area contributed by atoms with Gasteiger partial charge in [0.05, 0.1) is 12.2 Å². The average Bonchev–Trinajstić information content (AvgIpc) is 2.86. The van der Waals surface area contributed by atoms with E-state index in [4.69, 9.17) is 0 Å². The summed E-state index contributed by atoms with van der Waals surface area (Å²) in [5.74, 6) is 0.118. The Bertz CT molecular complexity index is 1270. The van der Waals surface area contributed by atoms with Crippen LogP contribution in [0.1, 0.15) is 37.4 Å². The predicted octanol–water partition coefficient (Wildman–Crippen LogP) is 6.82. The molecule has 0 fully saturated rings. The Balaban J connectivity index is 1.38. The molecule has 4 aromatic carbocycles. The largest absolute Gasteiger partial charge is 0.294 e. The fourth-order valence-corrected chi connectivity index (χ4v) is 3.55. The lowest BCUT2D eigenvalue weighted by atomic mass is 10.0. The highest BCUT2D eigenvalue weighted by atomic mass is 16.1. The summed E-state index contributed by atoms with van der Waals surface area (Å²) in [6.45, 7) is 0.356. The average molecular weight is 433 g/mol. The van der Waals surface area contributed by atoms with Crippen LogP contribution in [0.5, 0.6) is 0 Å². The molecule has 0 bridgehead atoms. The molecule has 0 aliphatic rings. The van der Waals surface area contributed by atoms with E-state index in [0.29, 0.717) is 36.2 Å². The number of carbonyl (C=O) groups is 2. The van der Waals surface area contributed by atoms with E-state index in [1.807, 2.05) is 97.1 Å². The van der Waals surface area contributed by atoms with Gasteiger partial charge < -0.3 is 0 Å². The zero-order valence-electron chi connectivity index (χ0n) is 18.2. The maximum atomic E-state index is 12.6. The van der Waals surface area contributed by atoms with Crippen LogP contribution in [0.25, 0.3) is 0 Å². The van der Waals surface area contributed by atoms with Gasteiger partial charge in [0.1, 0.15) is 0 Å². The van der Waals surface area contributed by atoms with Gasteiger partial charge in [-0.15, -0.1) is 0 Å². The van der Waals surface area contributed by atoms with E-state index in [0.717, 1.165) is 16.7 Å². The molecule has 33 heavy (non-hydrogen) atoms. The smallest absolute Gasteiger partial charge is 0.167 e. The van der Waals surface area contributed by atoms with Crippen LogP contribution in [0.4, 0.5) is 5.69 Å². The summed E-state index contributed by atoms with van der Waals surface area (Å²) in [6.07, 6.45) is 0.723. The predicted molar refractivity (Wildman–Crippen MR) is 130 cm³/mol. The molecule has 0 N–H and O–H groups in total. The highest BCUT2D eigenvalue weighted by Gasteiger charge is 2.09. The molecule has 0 atom stereocenters. The highest BCUT2D eigenvalue weighted by molar-refractivity contribution is 5.98. The van der Waals surface area contributed by atoms with Crippen molar-refractivity contribution in [3.8, 4) is 0 Å². The van der Waals surface area contributed by atoms with E-state index in [2.05, 4.69) is 10.2 Å². The van der Waals surface area contributed by atoms with Gasteiger partial charge in [0, 0.05) is 24.0 Å². The van der Waals surface area contributed by atoms with Crippen LogP contribution >= 0.6 is 0 Å². The Hall–Kier alpha value is -4.18. The fraction of sp³-hybridized carbons (Fsp3) is 0.103. The van der Waals surface area contributed by atoms with E-state index in [1.54, 1.807) is 12.1 Å². The van der Waals surface area contributed by atoms with E-state index in [9.17, 15) is 9.59 Å². The highest BCUT2D eigenvalue weighted by Crippen LogP contribution is 2.18. The van der Waals surface area contributed by atoms with Crippen molar-refractivity contribution in [1.29, 1.82) is 0 Å². The van der Waals surface area contributed by atoms with Gasteiger partial charge in [-0.25, -0.2) is 0 Å². The van der Waals surface area contributed by atoms with Crippen molar-refractivity contribution in [2.75, 3.05) is 0 Å². The van der Waals surface area contributed by atoms with Gasteiger partial charge in [-0.05, 0) is 34.9 Å². The standard InChI is InChI=1S/C29H24N2O2/c32-28(18-22-9-3-1-4-10-22)25-14-7-13-24(17-25)21-30-31-27-16-8-15-26(20-27)29(33)19-23-11-5-2-6-12-23/h1-17,20H,18-19,21H2. The van der Waals surface area contributed by atoms with Crippen molar-refractivity contribution in [2.45, 2.75) is 19.4 Å². The molecule has 4 nitrogen and oxygen atoms in total. The molecule has 0 radical (unpaired) electrons. The summed E-state index contributed by atoms with van der Waals surface area (Å²) >= 11 is 0. The lowest BCUT2D eigenvalue weighted by molar-refractivity contribution is 0.0984. The number of benzene rings is 4. The third-order valence-electron chi connectivity index (χ3n) is 5.27. The third-order valence-corrected chi connectivity index (χ3v) is 5.27. The number of carbonyl (C=O) groups excluding carboxylic acids is 2. The third kappa shape index (κ3) is 6.40. The normalized spacial score (nSPS) is 10.9. The number of hydrogen-bond donors (Lipinski definition) is 0. The molecule has 4 rings (SSSR count). The van der Waals surface area contributed by atoms with Gasteiger partial charge in [0.2, 0.25) is 0 Å². The van der Waals surface area contributed by atoms with Gasteiger partial charge in [0.15, 0.2) is 11.6 Å². The van der Waals surface area contributed by atoms with Gasteiger partial charge in [-0.1, -0.05) is 91.0 Å². The number of ketones is 2. The quantitative estimate of drug-likeness (QED) is 0.215. The Kier molecular flexibility index (Phi) is 7.29. The fourth-order valence-electron chi connectivity index (χ4n) is 3.55. The molecule has 4 aromatic rings. The molecule has 0 saturated heterocycles. The summed E-state index contributed by atoms with van der Waals surface area (Å²) in [5.41, 5.74) is 4.80. The minimum absolute atomic E-state index is 0.0443. The number of Topliss-reactive ketones (excluding diaryl/α,β-unsaturated/α-hetero) is 2. The van der Waals surface area contributed by atoms with Crippen LogP contribution in [0, 0.1) is 0 Å². The molecular weight excluding hydrogens is 408 g/mol. The van der Waals surface area contributed by atoms with Crippen LogP contribution in [0.2, 0.25) is 0 Å². The van der Waals surface area contributed by atoms with Crippen molar-refractivity contribution >= 4 is 17.3 Å². The van der Waals surface area contributed by atoms with E-state index < -0.39 is 0 Å². The first kappa shape index (κ1) is 22.0. The summed E-state index contributed by atoms with van der Waals surface area (Å²) in [4.78, 5) is 25.2. The molecule has 4 heteroatoms. The molecule has 0 aliphatic carbocycles. The van der Waals surface area contributed by atoms with Crippen molar-refractivity contribution in [3.63, 3.8) is 0 Å². The lowest BCUT2D eigenvalue weighted by Gasteiger charge is -2.04. The molecule has 0 aromatic heterocycles. The zero-order valence-corrected chi connectivity index (χ0v) is 18.2. The molecule has 162 valence electrons. The Morgan fingerprint density at radius 1 is 0.545 bits per heavy atom. The first-order chi connectivity index (χ1) is 16.2. The molecule has 0 unspecified atom stereocenters. The first-order valence-electron chi connectivity index (χ1n) is 10.9. The maximum Gasteiger partial charge on any atom is 0.167 e. The maximum absolute atomic E-state index is 12.6. The van der Waals surface area contributed by atoms with Gasteiger partial charge in [-0.3, -0.25) is 9.59 Å². The number of rotatable bonds is 9. The van der Waals surface area contributed by atoms with Gasteiger partial charge in [0.25, 0.3) is 0 Å². The van der Waals surface area contributed by atoms with Gasteiger partial charge >= 0.3 is 0 Å². The second-order valence-corrected chi connectivity index (χ2v) is 7.82. The summed E-state index contributed by atoms with van der Waals surface area (Å²) < 4.78 is 0. The molecule has 0 saturated carbocycles. The van der Waals surface area contributed by atoms with Crippen molar-refractivity contribution in [2.24, 2.45) is 10.2 Å². The second-order valence-electron chi connectivity index (χ2n) is 7.82. The Morgan fingerprint density at radius 3 is 1.67 bits per heavy atom. The Labute approximate surface area is 193 Å². The van der Waals surface area contributed by atoms with Crippen LogP contribution in [-0.4, -0.2) is 11.6 Å². The lowest BCUT2D eigenvalue weighted by Crippen LogP contribution is -2.03. The Morgan fingerprint density at radius 2 is 1.06 bits per heavy atom. The van der Waals surface area contributed by atoms with Crippen LogP contribution in [0.3, 0.4) is 0 Å². The summed E-state index contributed by atoms with van der Waals surface area (Å²) in [7, 11) is 0. The van der Waals surface area contributed by atoms with Crippen molar-refractivity contribution in [1.82, 2.24) is 0 Å². The SMILES string of the molecule is O=C(Cc1ccccc1)c1cccc(CN=Nc2cccc(C(=O)Cc3ccccc3)c2)c1.